The Morgan fingerprint density at radius 3 is 2.59 bits per heavy atom. The second-order valence-electron chi connectivity index (χ2n) is 6.09. The van der Waals surface area contributed by atoms with E-state index in [4.69, 9.17) is 0 Å². The van der Waals surface area contributed by atoms with Gasteiger partial charge >= 0.3 is 6.03 Å². The fraction of sp³-hybridized carbons (Fsp3) is 0.222. The zero-order valence-corrected chi connectivity index (χ0v) is 14.5. The van der Waals surface area contributed by atoms with E-state index in [2.05, 4.69) is 25.2 Å². The molecule has 2 aromatic heterocycles. The topological polar surface area (TPSA) is 79.2 Å². The summed E-state index contributed by atoms with van der Waals surface area (Å²) in [5, 5.41) is 2.62. The lowest BCUT2D eigenvalue weighted by molar-refractivity contribution is 0.208. The fourth-order valence-corrected chi connectivity index (χ4v) is 2.94. The first-order valence-electron chi connectivity index (χ1n) is 8.56. The Morgan fingerprint density at radius 1 is 1.07 bits per heavy atom. The molecular formula is C18H18FN7O. The zero-order chi connectivity index (χ0) is 18.6. The van der Waals surface area contributed by atoms with E-state index in [0.29, 0.717) is 26.2 Å². The second-order valence-corrected chi connectivity index (χ2v) is 6.09. The van der Waals surface area contributed by atoms with Crippen molar-refractivity contribution < 1.29 is 9.18 Å². The first-order valence-corrected chi connectivity index (χ1v) is 8.56. The number of carbonyl (C=O) groups excluding carboxylic acids is 1. The molecule has 0 radical (unpaired) electrons. The number of rotatable bonds is 3. The minimum absolute atomic E-state index is 0.186. The molecule has 0 aliphatic carbocycles. The Hall–Kier alpha value is -3.49. The summed E-state index contributed by atoms with van der Waals surface area (Å²) < 4.78 is 15.5. The van der Waals surface area contributed by atoms with Crippen LogP contribution in [-0.4, -0.2) is 56.6 Å². The molecule has 4 rings (SSSR count). The summed E-state index contributed by atoms with van der Waals surface area (Å²) in [6.07, 6.45) is 6.70. The van der Waals surface area contributed by atoms with Gasteiger partial charge in [0, 0.05) is 44.6 Å². The van der Waals surface area contributed by atoms with Crippen molar-refractivity contribution in [3.63, 3.8) is 0 Å². The highest BCUT2D eigenvalue weighted by Gasteiger charge is 2.22. The monoisotopic (exact) mass is 367 g/mol. The maximum atomic E-state index is 13.7. The zero-order valence-electron chi connectivity index (χ0n) is 14.5. The molecule has 138 valence electrons. The summed E-state index contributed by atoms with van der Waals surface area (Å²) in [6, 6.07) is 7.72. The van der Waals surface area contributed by atoms with Crippen molar-refractivity contribution in [3.8, 4) is 5.82 Å². The van der Waals surface area contributed by atoms with Crippen molar-refractivity contribution in [1.29, 1.82) is 0 Å². The summed E-state index contributed by atoms with van der Waals surface area (Å²) in [4.78, 5) is 28.7. The van der Waals surface area contributed by atoms with Crippen molar-refractivity contribution in [2.24, 2.45) is 0 Å². The number of nitrogens with one attached hydrogen (secondary N) is 1. The number of halogens is 1. The molecule has 1 aliphatic rings. The van der Waals surface area contributed by atoms with E-state index in [-0.39, 0.29) is 11.7 Å². The predicted molar refractivity (Wildman–Crippen MR) is 98.4 cm³/mol. The Morgan fingerprint density at radius 2 is 1.85 bits per heavy atom. The molecular weight excluding hydrogens is 349 g/mol. The Kier molecular flexibility index (Phi) is 4.65. The van der Waals surface area contributed by atoms with E-state index >= 15 is 0 Å². The van der Waals surface area contributed by atoms with Crippen molar-refractivity contribution in [2.45, 2.75) is 0 Å². The minimum atomic E-state index is -0.447. The number of carbonyl (C=O) groups is 1. The van der Waals surface area contributed by atoms with E-state index < -0.39 is 5.82 Å². The van der Waals surface area contributed by atoms with Gasteiger partial charge in [0.05, 0.1) is 5.69 Å². The molecule has 0 saturated carbocycles. The fourth-order valence-electron chi connectivity index (χ4n) is 2.94. The number of urea groups is 1. The third-order valence-corrected chi connectivity index (χ3v) is 4.41. The molecule has 1 fully saturated rings. The van der Waals surface area contributed by atoms with Gasteiger partial charge in [-0.05, 0) is 12.1 Å². The van der Waals surface area contributed by atoms with E-state index in [1.54, 1.807) is 35.6 Å². The van der Waals surface area contributed by atoms with Crippen LogP contribution in [0.3, 0.4) is 0 Å². The Bertz CT molecular complexity index is 923. The molecule has 1 aromatic carbocycles. The van der Waals surface area contributed by atoms with Gasteiger partial charge in [-0.25, -0.2) is 24.1 Å². The highest BCUT2D eigenvalue weighted by atomic mass is 19.1. The number of nitrogens with zero attached hydrogens (tertiary/aromatic N) is 6. The van der Waals surface area contributed by atoms with Crippen LogP contribution < -0.4 is 10.2 Å². The lowest BCUT2D eigenvalue weighted by Crippen LogP contribution is -2.50. The number of aromatic nitrogens is 4. The number of para-hydroxylation sites is 1. The molecule has 0 bridgehead atoms. The van der Waals surface area contributed by atoms with Gasteiger partial charge < -0.3 is 15.1 Å². The summed E-state index contributed by atoms with van der Waals surface area (Å²) in [5.41, 5.74) is 0.186. The number of piperazine rings is 1. The summed E-state index contributed by atoms with van der Waals surface area (Å²) in [7, 11) is 0. The van der Waals surface area contributed by atoms with Gasteiger partial charge in [-0.1, -0.05) is 12.1 Å². The molecule has 3 aromatic rings. The summed E-state index contributed by atoms with van der Waals surface area (Å²) in [5.74, 6) is 1.08. The van der Waals surface area contributed by atoms with Crippen LogP contribution in [0.15, 0.2) is 55.4 Å². The average Bonchev–Trinajstić information content (AvgIpc) is 3.25. The Labute approximate surface area is 155 Å². The van der Waals surface area contributed by atoms with Gasteiger partial charge in [-0.15, -0.1) is 0 Å². The standard InChI is InChI=1S/C18H18FN7O/c19-14-3-1-2-4-15(14)23-18(27)25-9-7-24(8-10-25)16-11-17(22-12-21-16)26-6-5-20-13-26/h1-6,11-13H,7-10H2,(H,23,27). The molecule has 0 atom stereocenters. The van der Waals surface area contributed by atoms with Gasteiger partial charge in [-0.2, -0.15) is 0 Å². The molecule has 1 saturated heterocycles. The summed E-state index contributed by atoms with van der Waals surface area (Å²) in [6.45, 7) is 2.30. The van der Waals surface area contributed by atoms with Crippen molar-refractivity contribution >= 4 is 17.5 Å². The maximum absolute atomic E-state index is 13.7. The van der Waals surface area contributed by atoms with Gasteiger partial charge in [0.25, 0.3) is 0 Å². The minimum Gasteiger partial charge on any atom is -0.353 e. The number of hydrogen-bond donors (Lipinski definition) is 1. The number of hydrogen-bond acceptors (Lipinski definition) is 5. The molecule has 1 N–H and O–H groups in total. The lowest BCUT2D eigenvalue weighted by Gasteiger charge is -2.35. The quantitative estimate of drug-likeness (QED) is 0.767. The lowest BCUT2D eigenvalue weighted by atomic mass is 10.3. The number of benzene rings is 1. The Balaban J connectivity index is 1.38. The largest absolute Gasteiger partial charge is 0.353 e. The van der Waals surface area contributed by atoms with E-state index in [1.165, 1.54) is 12.4 Å². The van der Waals surface area contributed by atoms with Crippen LogP contribution >= 0.6 is 0 Å². The highest BCUT2D eigenvalue weighted by Crippen LogP contribution is 2.17. The first kappa shape index (κ1) is 17.0. The van der Waals surface area contributed by atoms with Crippen molar-refractivity contribution in [2.75, 3.05) is 36.4 Å². The number of amides is 2. The molecule has 2 amide bonds. The molecule has 3 heterocycles. The molecule has 0 unspecified atom stereocenters. The first-order chi connectivity index (χ1) is 13.2. The molecule has 0 spiro atoms. The van der Waals surface area contributed by atoms with Gasteiger partial charge in [0.1, 0.15) is 30.1 Å². The van der Waals surface area contributed by atoms with E-state index in [1.807, 2.05) is 16.8 Å². The number of imidazole rings is 1. The van der Waals surface area contributed by atoms with Crippen LogP contribution in [0.1, 0.15) is 0 Å². The maximum Gasteiger partial charge on any atom is 0.322 e. The summed E-state index contributed by atoms with van der Waals surface area (Å²) >= 11 is 0. The third kappa shape index (κ3) is 3.71. The molecule has 27 heavy (non-hydrogen) atoms. The number of anilines is 2. The smallest absolute Gasteiger partial charge is 0.322 e. The average molecular weight is 367 g/mol. The third-order valence-electron chi connectivity index (χ3n) is 4.41. The predicted octanol–water partition coefficient (Wildman–Crippen LogP) is 2.16. The highest BCUT2D eigenvalue weighted by molar-refractivity contribution is 5.89. The van der Waals surface area contributed by atoms with Crippen LogP contribution in [0.25, 0.3) is 5.82 Å². The SMILES string of the molecule is O=C(Nc1ccccc1F)N1CCN(c2cc(-n3ccnc3)ncn2)CC1. The van der Waals surface area contributed by atoms with Gasteiger partial charge in [0.15, 0.2) is 0 Å². The molecule has 1 aliphatic heterocycles. The van der Waals surface area contributed by atoms with Gasteiger partial charge in [0.2, 0.25) is 0 Å². The normalized spacial score (nSPS) is 14.3. The van der Waals surface area contributed by atoms with Crippen molar-refractivity contribution in [1.82, 2.24) is 24.4 Å². The molecule has 8 nitrogen and oxygen atoms in total. The van der Waals surface area contributed by atoms with Crippen LogP contribution in [0.5, 0.6) is 0 Å². The van der Waals surface area contributed by atoms with Crippen LogP contribution in [-0.2, 0) is 0 Å². The van der Waals surface area contributed by atoms with Crippen LogP contribution in [0.4, 0.5) is 20.7 Å². The van der Waals surface area contributed by atoms with E-state index in [9.17, 15) is 9.18 Å². The second kappa shape index (κ2) is 7.40. The van der Waals surface area contributed by atoms with Crippen LogP contribution in [0.2, 0.25) is 0 Å². The van der Waals surface area contributed by atoms with Crippen molar-refractivity contribution in [3.05, 3.63) is 61.2 Å². The van der Waals surface area contributed by atoms with Gasteiger partial charge in [-0.3, -0.25) is 4.57 Å². The molecule has 9 heteroatoms. The van der Waals surface area contributed by atoms with Crippen LogP contribution in [0, 0.1) is 5.82 Å². The van der Waals surface area contributed by atoms with E-state index in [0.717, 1.165) is 11.6 Å².